The molecule has 12 heteroatoms. The van der Waals surface area contributed by atoms with Crippen molar-refractivity contribution in [2.45, 2.75) is 102 Å². The number of halogens is 4. The Balaban J connectivity index is 1.61. The van der Waals surface area contributed by atoms with Crippen LogP contribution in [0.15, 0.2) is 66.6 Å². The van der Waals surface area contributed by atoms with Crippen molar-refractivity contribution < 1.29 is 36.6 Å². The van der Waals surface area contributed by atoms with Gasteiger partial charge in [0, 0.05) is 29.9 Å². The Bertz CT molecular complexity index is 1980. The average molecular weight is 780 g/mol. The van der Waals surface area contributed by atoms with E-state index in [0.29, 0.717) is 35.5 Å². The molecule has 0 spiro atoms. The van der Waals surface area contributed by atoms with Crippen LogP contribution < -0.4 is 15.6 Å². The average Bonchev–Trinajstić information content (AvgIpc) is 4.06. The Labute approximate surface area is 326 Å². The molecule has 3 aromatic rings. The number of aromatic nitrogens is 1. The molecule has 1 heterocycles. The summed E-state index contributed by atoms with van der Waals surface area (Å²) in [5, 5.41) is 2.81. The number of nitrogens with one attached hydrogen (secondary N) is 1. The van der Waals surface area contributed by atoms with E-state index in [1.807, 2.05) is 19.1 Å². The van der Waals surface area contributed by atoms with Crippen LogP contribution in [0, 0.1) is 12.7 Å². The summed E-state index contributed by atoms with van der Waals surface area (Å²) < 4.78 is 71.7. The highest BCUT2D eigenvalue weighted by molar-refractivity contribution is 5.83. The first-order valence-corrected chi connectivity index (χ1v) is 19.4. The SMILES string of the molecule is C=CCCCOc1cc(C2CC2)cc(C)c1-c1cc(C2CC2)c(F)c([C@H](CC(=O)OCC)NC(=O)[C@H](CC=C)n2cc(CCN(C)C)c(C(F)(F)F)cc2=O)c1. The van der Waals surface area contributed by atoms with Crippen molar-refractivity contribution in [3.63, 3.8) is 0 Å². The van der Waals surface area contributed by atoms with Gasteiger partial charge in [0.05, 0.1) is 31.2 Å². The van der Waals surface area contributed by atoms with Crippen molar-refractivity contribution in [1.29, 1.82) is 0 Å². The number of pyridine rings is 1. The lowest BCUT2D eigenvalue weighted by Gasteiger charge is -2.26. The van der Waals surface area contributed by atoms with Gasteiger partial charge in [-0.15, -0.1) is 13.2 Å². The Kier molecular flexibility index (Phi) is 14.0. The maximum Gasteiger partial charge on any atom is 0.416 e. The van der Waals surface area contributed by atoms with Crippen LogP contribution >= 0.6 is 0 Å². The maximum absolute atomic E-state index is 16.8. The predicted octanol–water partition coefficient (Wildman–Crippen LogP) is 9.11. The van der Waals surface area contributed by atoms with Crippen LogP contribution in [-0.4, -0.2) is 55.2 Å². The molecule has 1 N–H and O–H groups in total. The molecule has 2 aromatic carbocycles. The van der Waals surface area contributed by atoms with Crippen LogP contribution in [0.3, 0.4) is 0 Å². The number of likely N-dealkylation sites (N-methyl/N-ethyl adjacent to an activating group) is 1. The van der Waals surface area contributed by atoms with Gasteiger partial charge in [-0.3, -0.25) is 14.4 Å². The zero-order valence-electron chi connectivity index (χ0n) is 32.8. The number of aryl methyl sites for hydroxylation is 1. The summed E-state index contributed by atoms with van der Waals surface area (Å²) in [6.07, 6.45) is 4.15. The van der Waals surface area contributed by atoms with Crippen molar-refractivity contribution in [2.75, 3.05) is 33.9 Å². The fourth-order valence-electron chi connectivity index (χ4n) is 7.13. The van der Waals surface area contributed by atoms with Crippen molar-refractivity contribution in [3.05, 3.63) is 111 Å². The number of esters is 1. The number of rotatable bonds is 20. The first-order valence-electron chi connectivity index (χ1n) is 19.4. The quantitative estimate of drug-likeness (QED) is 0.0533. The molecule has 5 rings (SSSR count). The number of hydrogen-bond donors (Lipinski definition) is 1. The molecule has 0 saturated heterocycles. The number of carbonyl (C=O) groups excluding carboxylic acids is 2. The number of allylic oxidation sites excluding steroid dienone is 2. The van der Waals surface area contributed by atoms with Crippen LogP contribution in [0.5, 0.6) is 5.75 Å². The molecule has 56 heavy (non-hydrogen) atoms. The number of benzene rings is 2. The Hall–Kier alpha value is -4.71. The standard InChI is InChI=1S/C44H53F4N3O5/c1-7-10-11-19-56-38-23-31(28-13-14-28)20-27(4)41(38)32-21-33(29-15-16-29)42(45)34(22-32)36(25-40(53)55-9-3)49-43(54)37(12-8-2)51-26-30(17-18-50(5)6)35(24-39(51)52)44(46,47)48/h7-8,20-24,26,28-29,36-37H,1-2,9-19,25H2,3-6H3,(H,49,54)/t36-,37-/m0/s1. The number of hydrogen-bond acceptors (Lipinski definition) is 6. The molecule has 1 amide bonds. The fraction of sp³-hybridized carbons (Fsp3) is 0.477. The molecule has 0 unspecified atom stereocenters. The first kappa shape index (κ1) is 42.4. The third-order valence-corrected chi connectivity index (χ3v) is 10.3. The van der Waals surface area contributed by atoms with E-state index in [2.05, 4.69) is 30.6 Å². The third kappa shape index (κ3) is 10.6. The van der Waals surface area contributed by atoms with E-state index < -0.39 is 53.5 Å². The first-order chi connectivity index (χ1) is 26.7. The lowest BCUT2D eigenvalue weighted by Crippen LogP contribution is -2.40. The van der Waals surface area contributed by atoms with Gasteiger partial charge in [0.15, 0.2) is 0 Å². The monoisotopic (exact) mass is 779 g/mol. The second-order valence-corrected chi connectivity index (χ2v) is 15.1. The molecular weight excluding hydrogens is 726 g/mol. The molecule has 2 aliphatic carbocycles. The summed E-state index contributed by atoms with van der Waals surface area (Å²) in [6.45, 7) is 11.9. The zero-order valence-corrected chi connectivity index (χ0v) is 32.8. The highest BCUT2D eigenvalue weighted by Gasteiger charge is 2.37. The summed E-state index contributed by atoms with van der Waals surface area (Å²) in [4.78, 5) is 42.5. The van der Waals surface area contributed by atoms with E-state index in [1.54, 1.807) is 32.0 Å². The number of unbranched alkanes of at least 4 members (excludes halogenated alkanes) is 1. The molecule has 2 saturated carbocycles. The van der Waals surface area contributed by atoms with Crippen LogP contribution in [-0.2, 0) is 26.9 Å². The molecule has 302 valence electrons. The summed E-state index contributed by atoms with van der Waals surface area (Å²) in [5.41, 5.74) is 1.80. The second-order valence-electron chi connectivity index (χ2n) is 15.1. The Morgan fingerprint density at radius 3 is 2.38 bits per heavy atom. The molecule has 0 aliphatic heterocycles. The van der Waals surface area contributed by atoms with E-state index in [-0.39, 0.29) is 43.0 Å². The molecule has 0 bridgehead atoms. The molecule has 2 aliphatic rings. The van der Waals surface area contributed by atoms with E-state index in [1.165, 1.54) is 11.6 Å². The molecular formula is C44H53F4N3O5. The number of carbonyl (C=O) groups is 2. The highest BCUT2D eigenvalue weighted by atomic mass is 19.4. The predicted molar refractivity (Wildman–Crippen MR) is 209 cm³/mol. The lowest BCUT2D eigenvalue weighted by atomic mass is 9.89. The van der Waals surface area contributed by atoms with Crippen LogP contribution in [0.25, 0.3) is 11.1 Å². The summed E-state index contributed by atoms with van der Waals surface area (Å²) in [6, 6.07) is 5.54. The van der Waals surface area contributed by atoms with Crippen LogP contribution in [0.2, 0.25) is 0 Å². The van der Waals surface area contributed by atoms with Crippen LogP contribution in [0.1, 0.15) is 116 Å². The van der Waals surface area contributed by atoms with E-state index in [9.17, 15) is 27.6 Å². The zero-order chi connectivity index (χ0) is 40.7. The smallest absolute Gasteiger partial charge is 0.416 e. The van der Waals surface area contributed by atoms with Gasteiger partial charge >= 0.3 is 12.1 Å². The third-order valence-electron chi connectivity index (χ3n) is 10.3. The number of ether oxygens (including phenoxy) is 2. The normalized spacial score (nSPS) is 15.3. The van der Waals surface area contributed by atoms with Gasteiger partial charge in [0.1, 0.15) is 17.6 Å². The van der Waals surface area contributed by atoms with Gasteiger partial charge in [-0.25, -0.2) is 4.39 Å². The lowest BCUT2D eigenvalue weighted by molar-refractivity contribution is -0.144. The van der Waals surface area contributed by atoms with Crippen molar-refractivity contribution in [2.24, 2.45) is 0 Å². The Morgan fingerprint density at radius 1 is 1.05 bits per heavy atom. The van der Waals surface area contributed by atoms with Crippen molar-refractivity contribution >= 4 is 11.9 Å². The largest absolute Gasteiger partial charge is 0.493 e. The van der Waals surface area contributed by atoms with E-state index >= 15 is 4.39 Å². The molecule has 2 fully saturated rings. The van der Waals surface area contributed by atoms with Gasteiger partial charge in [-0.2, -0.15) is 13.2 Å². The molecule has 0 radical (unpaired) electrons. The molecule has 2 atom stereocenters. The van der Waals surface area contributed by atoms with Gasteiger partial charge in [0.25, 0.3) is 5.56 Å². The highest BCUT2D eigenvalue weighted by Crippen LogP contribution is 2.48. The second kappa shape index (κ2) is 18.5. The Morgan fingerprint density at radius 2 is 1.77 bits per heavy atom. The van der Waals surface area contributed by atoms with Gasteiger partial charge < -0.3 is 24.3 Å². The number of nitrogens with zero attached hydrogens (tertiary/aromatic N) is 2. The molecule has 1 aromatic heterocycles. The minimum Gasteiger partial charge on any atom is -0.493 e. The fourth-order valence-corrected chi connectivity index (χ4v) is 7.13. The molecule has 8 nitrogen and oxygen atoms in total. The number of amides is 1. The van der Waals surface area contributed by atoms with Crippen LogP contribution in [0.4, 0.5) is 17.6 Å². The van der Waals surface area contributed by atoms with E-state index in [4.69, 9.17) is 9.47 Å². The minimum atomic E-state index is -4.80. The summed E-state index contributed by atoms with van der Waals surface area (Å²) >= 11 is 0. The van der Waals surface area contributed by atoms with Gasteiger partial charge in [-0.1, -0.05) is 18.2 Å². The summed E-state index contributed by atoms with van der Waals surface area (Å²) in [5.74, 6) is -0.990. The maximum atomic E-state index is 16.8. The topological polar surface area (TPSA) is 89.9 Å². The van der Waals surface area contributed by atoms with E-state index in [0.717, 1.165) is 60.4 Å². The van der Waals surface area contributed by atoms with Gasteiger partial charge in [-0.05, 0) is 137 Å². The number of alkyl halides is 3. The van der Waals surface area contributed by atoms with Crippen molar-refractivity contribution in [1.82, 2.24) is 14.8 Å². The minimum absolute atomic E-state index is 0.0427. The summed E-state index contributed by atoms with van der Waals surface area (Å²) in [7, 11) is 3.43. The van der Waals surface area contributed by atoms with Crippen molar-refractivity contribution in [3.8, 4) is 16.9 Å². The van der Waals surface area contributed by atoms with Gasteiger partial charge in [0.2, 0.25) is 5.91 Å².